The first-order valence-electron chi connectivity index (χ1n) is 7.14. The third-order valence-electron chi connectivity index (χ3n) is 1.04. The number of rotatable bonds is 6. The highest BCUT2D eigenvalue weighted by atomic mass is 16.5. The first kappa shape index (κ1) is 35.7. The summed E-state index contributed by atoms with van der Waals surface area (Å²) in [6.07, 6.45) is -2.42. The van der Waals surface area contributed by atoms with Crippen molar-refractivity contribution < 1.29 is 64.8 Å². The Morgan fingerprint density at radius 2 is 0.741 bits per heavy atom. The van der Waals surface area contributed by atoms with Gasteiger partial charge in [-0.05, 0) is 0 Å². The van der Waals surface area contributed by atoms with Gasteiger partial charge in [-0.15, -0.1) is 0 Å². The van der Waals surface area contributed by atoms with Crippen molar-refractivity contribution in [3.8, 4) is 0 Å². The van der Waals surface area contributed by atoms with Gasteiger partial charge in [0.05, 0.1) is 13.2 Å². The largest absolute Gasteiger partial charge is 0.481 e. The van der Waals surface area contributed by atoms with Crippen LogP contribution < -0.4 is 0 Å². The highest BCUT2D eigenvalue weighted by Gasteiger charge is 1.99. The molecule has 0 unspecified atom stereocenters. The molecule has 0 fully saturated rings. The molecule has 0 spiro atoms. The smallest absolute Gasteiger partial charge is 0.300 e. The van der Waals surface area contributed by atoms with Crippen LogP contribution in [0.2, 0.25) is 0 Å². The molecule has 0 heterocycles. The third kappa shape index (κ3) is 345. The van der Waals surface area contributed by atoms with Gasteiger partial charge in [-0.25, -0.2) is 0 Å². The van der Waals surface area contributed by atoms with Crippen molar-refractivity contribution in [2.45, 2.75) is 53.1 Å². The molecule has 0 aliphatic carbocycles. The summed E-state index contributed by atoms with van der Waals surface area (Å²) in [5, 5.41) is 63.0. The van der Waals surface area contributed by atoms with E-state index in [0.717, 1.165) is 27.7 Å². The minimum atomic E-state index is -1.35. The van der Waals surface area contributed by atoms with E-state index in [-0.39, 0.29) is 26.1 Å². The fourth-order valence-electron chi connectivity index (χ4n) is 0.480. The molecule has 13 nitrogen and oxygen atoms in total. The molecule has 0 radical (unpaired) electrons. The summed E-state index contributed by atoms with van der Waals surface area (Å²) in [5.41, 5.74) is 0. The van der Waals surface area contributed by atoms with Crippen molar-refractivity contribution >= 4 is 23.9 Å². The van der Waals surface area contributed by atoms with Gasteiger partial charge in [-0.2, -0.15) is 0 Å². The van der Waals surface area contributed by atoms with Crippen LogP contribution in [0.4, 0.5) is 0 Å². The van der Waals surface area contributed by atoms with Crippen molar-refractivity contribution in [1.82, 2.24) is 0 Å². The molecule has 0 aliphatic heterocycles. The van der Waals surface area contributed by atoms with Gasteiger partial charge in [-0.1, -0.05) is 0 Å². The highest BCUT2D eigenvalue weighted by Crippen LogP contribution is 1.91. The van der Waals surface area contributed by atoms with E-state index in [9.17, 15) is 0 Å². The number of aliphatic hydroxyl groups is 4. The van der Waals surface area contributed by atoms with Crippen LogP contribution in [0.15, 0.2) is 0 Å². The lowest BCUT2D eigenvalue weighted by molar-refractivity contribution is -0.135. The molecular formula is C14H30O13. The average molecular weight is 406 g/mol. The van der Waals surface area contributed by atoms with Gasteiger partial charge < -0.3 is 45.6 Å². The standard InChI is InChI=1S/C6H14O5.4C2H4O2/c7-5(8)1-3-11-4-2-6(9)10;4*1-2(3)4/h5-10H,1-4H2;4*1H3,(H,3,4). The second kappa shape index (κ2) is 28.5. The lowest BCUT2D eigenvalue weighted by Crippen LogP contribution is -2.12. The van der Waals surface area contributed by atoms with Gasteiger partial charge in [0.15, 0.2) is 12.6 Å². The Kier molecular flexibility index (Phi) is 37.7. The van der Waals surface area contributed by atoms with Crippen LogP contribution in [0.1, 0.15) is 40.5 Å². The zero-order valence-electron chi connectivity index (χ0n) is 15.6. The highest BCUT2D eigenvalue weighted by molar-refractivity contribution is 5.63. The summed E-state index contributed by atoms with van der Waals surface area (Å²) in [6, 6.07) is 0. The van der Waals surface area contributed by atoms with Gasteiger partial charge in [0, 0.05) is 40.5 Å². The Balaban J connectivity index is -0.0000000841. The van der Waals surface area contributed by atoms with Crippen LogP contribution in [-0.4, -0.2) is 90.5 Å². The van der Waals surface area contributed by atoms with Crippen molar-refractivity contribution in [1.29, 1.82) is 0 Å². The van der Waals surface area contributed by atoms with Crippen LogP contribution in [0.25, 0.3) is 0 Å². The van der Waals surface area contributed by atoms with E-state index in [4.69, 9.17) is 64.8 Å². The number of carboxylic acid groups (broad SMARTS) is 4. The molecule has 164 valence electrons. The van der Waals surface area contributed by atoms with E-state index >= 15 is 0 Å². The van der Waals surface area contributed by atoms with Gasteiger partial charge in [0.25, 0.3) is 23.9 Å². The molecule has 0 aliphatic rings. The molecule has 27 heavy (non-hydrogen) atoms. The molecule has 13 heteroatoms. The number of carboxylic acids is 4. The molecule has 0 aromatic heterocycles. The van der Waals surface area contributed by atoms with Crippen molar-refractivity contribution in [3.63, 3.8) is 0 Å². The second-order valence-electron chi connectivity index (χ2n) is 4.23. The van der Waals surface area contributed by atoms with E-state index < -0.39 is 36.5 Å². The van der Waals surface area contributed by atoms with E-state index in [1.165, 1.54) is 0 Å². The van der Waals surface area contributed by atoms with Gasteiger partial charge in [0.2, 0.25) is 0 Å². The molecule has 0 aromatic rings. The Bertz CT molecular complexity index is 292. The lowest BCUT2D eigenvalue weighted by Gasteiger charge is -2.05. The van der Waals surface area contributed by atoms with Gasteiger partial charge in [-0.3, -0.25) is 19.2 Å². The topological polar surface area (TPSA) is 239 Å². The molecule has 0 saturated carbocycles. The number of aliphatic hydroxyl groups excluding tert-OH is 2. The molecular weight excluding hydrogens is 376 g/mol. The minimum absolute atomic E-state index is 0.140. The molecule has 0 saturated heterocycles. The van der Waals surface area contributed by atoms with Crippen LogP contribution in [0.3, 0.4) is 0 Å². The molecule has 0 rings (SSSR count). The lowest BCUT2D eigenvalue weighted by atomic mass is 10.4. The Hall–Kier alpha value is -2.32. The fourth-order valence-corrected chi connectivity index (χ4v) is 0.480. The SMILES string of the molecule is CC(=O)O.CC(=O)O.CC(=O)O.CC(=O)O.OC(O)CCOCCC(O)O. The normalized spacial score (nSPS) is 8.37. The Morgan fingerprint density at radius 3 is 0.852 bits per heavy atom. The molecule has 0 aromatic carbocycles. The molecule has 0 amide bonds. The monoisotopic (exact) mass is 406 g/mol. The van der Waals surface area contributed by atoms with Crippen LogP contribution >= 0.6 is 0 Å². The van der Waals surface area contributed by atoms with Crippen LogP contribution in [-0.2, 0) is 23.9 Å². The van der Waals surface area contributed by atoms with Crippen LogP contribution in [0, 0.1) is 0 Å². The molecule has 0 atom stereocenters. The summed E-state index contributed by atoms with van der Waals surface area (Å²) in [5.74, 6) is -3.33. The maximum atomic E-state index is 9.00. The second-order valence-corrected chi connectivity index (χ2v) is 4.23. The number of aliphatic carboxylic acids is 4. The van der Waals surface area contributed by atoms with Crippen molar-refractivity contribution in [2.24, 2.45) is 0 Å². The van der Waals surface area contributed by atoms with Gasteiger partial charge >= 0.3 is 0 Å². The zero-order valence-corrected chi connectivity index (χ0v) is 15.6. The van der Waals surface area contributed by atoms with Crippen molar-refractivity contribution in [3.05, 3.63) is 0 Å². The number of hydrogen-bond donors (Lipinski definition) is 8. The number of ether oxygens (including phenoxy) is 1. The van der Waals surface area contributed by atoms with Crippen LogP contribution in [0.5, 0.6) is 0 Å². The average Bonchev–Trinajstić information content (AvgIpc) is 2.34. The molecule has 8 N–H and O–H groups in total. The van der Waals surface area contributed by atoms with Crippen molar-refractivity contribution in [2.75, 3.05) is 13.2 Å². The summed E-state index contributed by atoms with van der Waals surface area (Å²) < 4.78 is 4.82. The van der Waals surface area contributed by atoms with E-state index in [1.54, 1.807) is 0 Å². The quantitative estimate of drug-likeness (QED) is 0.190. The van der Waals surface area contributed by atoms with E-state index in [0.29, 0.717) is 0 Å². The van der Waals surface area contributed by atoms with Gasteiger partial charge in [0.1, 0.15) is 0 Å². The maximum Gasteiger partial charge on any atom is 0.300 e. The number of carbonyl (C=O) groups is 4. The predicted molar refractivity (Wildman–Crippen MR) is 89.7 cm³/mol. The summed E-state index contributed by atoms with van der Waals surface area (Å²) >= 11 is 0. The first-order valence-corrected chi connectivity index (χ1v) is 7.14. The third-order valence-corrected chi connectivity index (χ3v) is 1.04. The van der Waals surface area contributed by atoms with E-state index in [1.807, 2.05) is 0 Å². The Morgan fingerprint density at radius 1 is 0.593 bits per heavy atom. The summed E-state index contributed by atoms with van der Waals surface area (Å²) in [4.78, 5) is 36.0. The summed E-state index contributed by atoms with van der Waals surface area (Å²) in [6.45, 7) is 4.76. The fraction of sp³-hybridized carbons (Fsp3) is 0.714. The Labute approximate surface area is 156 Å². The zero-order chi connectivity index (χ0) is 23.0. The first-order chi connectivity index (χ1) is 12.1. The number of hydrogen-bond acceptors (Lipinski definition) is 9. The molecule has 0 bridgehead atoms. The maximum absolute atomic E-state index is 9.00. The minimum Gasteiger partial charge on any atom is -0.481 e. The summed E-state index contributed by atoms with van der Waals surface area (Å²) in [7, 11) is 0. The van der Waals surface area contributed by atoms with E-state index in [2.05, 4.69) is 0 Å². The predicted octanol–water partition coefficient (Wildman–Crippen LogP) is -1.23.